The van der Waals surface area contributed by atoms with Crippen LogP contribution in [0.3, 0.4) is 0 Å². The molecule has 8 heteroatoms. The molecule has 0 bridgehead atoms. The number of anilines is 1. The minimum absolute atomic E-state index is 0.365. The van der Waals surface area contributed by atoms with Gasteiger partial charge < -0.3 is 10.3 Å². The second-order valence-electron chi connectivity index (χ2n) is 5.80. The quantitative estimate of drug-likeness (QED) is 0.550. The second kappa shape index (κ2) is 8.14. The zero-order valence-corrected chi connectivity index (χ0v) is 15.3. The standard InChI is InChI=1S/C17H23N5O2S/c1-3-16-21-15(12-18)17(13-8-4-5-9-14(13)19)22(16)11-7-6-10-20-25(2,23)24/h4-5,8-9,20H,3,6-7,10-11,19H2,1-2H3. The number of aromatic nitrogens is 2. The van der Waals surface area contributed by atoms with Crippen molar-refractivity contribution in [1.82, 2.24) is 14.3 Å². The lowest BCUT2D eigenvalue weighted by atomic mass is 10.1. The molecule has 0 aliphatic heterocycles. The predicted octanol–water partition coefficient (Wildman–Crippen LogP) is 1.90. The molecule has 0 unspecified atom stereocenters. The van der Waals surface area contributed by atoms with Crippen LogP contribution in [0.25, 0.3) is 11.3 Å². The number of rotatable bonds is 8. The number of nitrogens with one attached hydrogen (secondary N) is 1. The van der Waals surface area contributed by atoms with Gasteiger partial charge in [0, 0.05) is 30.8 Å². The lowest BCUT2D eigenvalue weighted by molar-refractivity contribution is 0.565. The summed E-state index contributed by atoms with van der Waals surface area (Å²) in [5.41, 5.74) is 8.58. The van der Waals surface area contributed by atoms with E-state index in [9.17, 15) is 13.7 Å². The highest BCUT2D eigenvalue weighted by Gasteiger charge is 2.19. The van der Waals surface area contributed by atoms with Crippen LogP contribution in [0.2, 0.25) is 0 Å². The Morgan fingerprint density at radius 1 is 1.32 bits per heavy atom. The molecule has 0 aliphatic carbocycles. The van der Waals surface area contributed by atoms with E-state index in [2.05, 4.69) is 15.8 Å². The van der Waals surface area contributed by atoms with Gasteiger partial charge in [0.15, 0.2) is 5.69 Å². The van der Waals surface area contributed by atoms with E-state index in [1.807, 2.05) is 29.7 Å². The molecule has 134 valence electrons. The molecule has 2 aromatic rings. The van der Waals surface area contributed by atoms with Gasteiger partial charge in [0.1, 0.15) is 11.9 Å². The Morgan fingerprint density at radius 3 is 2.64 bits per heavy atom. The summed E-state index contributed by atoms with van der Waals surface area (Å²) in [4.78, 5) is 4.44. The third kappa shape index (κ3) is 4.81. The maximum Gasteiger partial charge on any atom is 0.208 e. The van der Waals surface area contributed by atoms with E-state index in [1.165, 1.54) is 0 Å². The summed E-state index contributed by atoms with van der Waals surface area (Å²) in [5, 5.41) is 9.46. The number of benzene rings is 1. The van der Waals surface area contributed by atoms with Crippen molar-refractivity contribution in [3.63, 3.8) is 0 Å². The molecule has 25 heavy (non-hydrogen) atoms. The van der Waals surface area contributed by atoms with Gasteiger partial charge in [0.25, 0.3) is 0 Å². The Kier molecular flexibility index (Phi) is 6.17. The van der Waals surface area contributed by atoms with E-state index in [-0.39, 0.29) is 0 Å². The minimum atomic E-state index is -3.17. The van der Waals surface area contributed by atoms with Crippen molar-refractivity contribution in [1.29, 1.82) is 5.26 Å². The molecule has 0 atom stereocenters. The van der Waals surface area contributed by atoms with E-state index in [4.69, 9.17) is 5.73 Å². The molecule has 2 rings (SSSR count). The summed E-state index contributed by atoms with van der Waals surface area (Å²) in [6.07, 6.45) is 3.30. The van der Waals surface area contributed by atoms with Gasteiger partial charge in [0.05, 0.1) is 11.9 Å². The topological polar surface area (TPSA) is 114 Å². The first-order chi connectivity index (χ1) is 11.9. The largest absolute Gasteiger partial charge is 0.398 e. The van der Waals surface area contributed by atoms with Crippen LogP contribution in [0.4, 0.5) is 5.69 Å². The van der Waals surface area contributed by atoms with Gasteiger partial charge >= 0.3 is 0 Å². The van der Waals surface area contributed by atoms with Gasteiger partial charge in [-0.3, -0.25) is 0 Å². The summed E-state index contributed by atoms with van der Waals surface area (Å²) in [7, 11) is -3.17. The minimum Gasteiger partial charge on any atom is -0.398 e. The lowest BCUT2D eigenvalue weighted by Gasteiger charge is -2.13. The number of para-hydroxylation sites is 1. The molecule has 1 heterocycles. The number of hydrogen-bond donors (Lipinski definition) is 2. The first kappa shape index (κ1) is 19.0. The highest BCUT2D eigenvalue weighted by Crippen LogP contribution is 2.30. The molecule has 0 aliphatic rings. The number of nitrogen functional groups attached to an aromatic ring is 1. The van der Waals surface area contributed by atoms with Gasteiger partial charge in [-0.1, -0.05) is 25.1 Å². The fourth-order valence-electron chi connectivity index (χ4n) is 2.73. The van der Waals surface area contributed by atoms with Gasteiger partial charge in [-0.25, -0.2) is 18.1 Å². The van der Waals surface area contributed by atoms with E-state index in [1.54, 1.807) is 6.07 Å². The van der Waals surface area contributed by atoms with Crippen molar-refractivity contribution in [2.75, 3.05) is 18.5 Å². The Hall–Kier alpha value is -2.37. The average molecular weight is 361 g/mol. The lowest BCUT2D eigenvalue weighted by Crippen LogP contribution is -2.23. The van der Waals surface area contributed by atoms with Gasteiger partial charge in [-0.15, -0.1) is 0 Å². The molecule has 3 N–H and O–H groups in total. The third-order valence-corrected chi connectivity index (χ3v) is 4.59. The number of sulfonamides is 1. The van der Waals surface area contributed by atoms with Crippen LogP contribution in [-0.4, -0.2) is 30.8 Å². The van der Waals surface area contributed by atoms with E-state index >= 15 is 0 Å². The smallest absolute Gasteiger partial charge is 0.208 e. The number of unbranched alkanes of at least 4 members (excludes halogenated alkanes) is 1. The summed E-state index contributed by atoms with van der Waals surface area (Å²) in [6.45, 7) is 3.03. The predicted molar refractivity (Wildman–Crippen MR) is 98.2 cm³/mol. The fraction of sp³-hybridized carbons (Fsp3) is 0.412. The van der Waals surface area contributed by atoms with Crippen molar-refractivity contribution < 1.29 is 8.42 Å². The van der Waals surface area contributed by atoms with Crippen molar-refractivity contribution >= 4 is 15.7 Å². The number of nitrogens with two attached hydrogens (primary N) is 1. The molecule has 0 saturated heterocycles. The third-order valence-electron chi connectivity index (χ3n) is 3.86. The van der Waals surface area contributed by atoms with Crippen LogP contribution >= 0.6 is 0 Å². The van der Waals surface area contributed by atoms with Crippen molar-refractivity contribution in [2.45, 2.75) is 32.7 Å². The SMILES string of the molecule is CCc1nc(C#N)c(-c2ccccc2N)n1CCCCNS(C)(=O)=O. The number of nitriles is 1. The zero-order chi connectivity index (χ0) is 18.4. The maximum atomic E-state index is 11.1. The van der Waals surface area contributed by atoms with E-state index in [0.717, 1.165) is 29.8 Å². The van der Waals surface area contributed by atoms with E-state index < -0.39 is 10.0 Å². The monoisotopic (exact) mass is 361 g/mol. The molecular weight excluding hydrogens is 338 g/mol. The van der Waals surface area contributed by atoms with Crippen LogP contribution in [-0.2, 0) is 23.0 Å². The maximum absolute atomic E-state index is 11.1. The summed E-state index contributed by atoms with van der Waals surface area (Å²) in [6, 6.07) is 9.57. The van der Waals surface area contributed by atoms with Crippen LogP contribution in [0.1, 0.15) is 31.3 Å². The molecular formula is C17H23N5O2S. The fourth-order valence-corrected chi connectivity index (χ4v) is 3.24. The number of nitrogens with zero attached hydrogens (tertiary/aromatic N) is 3. The first-order valence-corrected chi connectivity index (χ1v) is 10.1. The average Bonchev–Trinajstić information content (AvgIpc) is 2.91. The van der Waals surface area contributed by atoms with Crippen LogP contribution in [0.5, 0.6) is 0 Å². The van der Waals surface area contributed by atoms with Crippen LogP contribution in [0.15, 0.2) is 24.3 Å². The first-order valence-electron chi connectivity index (χ1n) is 8.16. The van der Waals surface area contributed by atoms with Gasteiger partial charge in [0.2, 0.25) is 10.0 Å². The summed E-state index contributed by atoms with van der Waals surface area (Å²) < 4.78 is 26.7. The Bertz CT molecular complexity index is 881. The zero-order valence-electron chi connectivity index (χ0n) is 14.5. The van der Waals surface area contributed by atoms with Crippen molar-refractivity contribution in [3.8, 4) is 17.3 Å². The molecule has 0 radical (unpaired) electrons. The Labute approximate surface area is 148 Å². The van der Waals surface area contributed by atoms with E-state index in [0.29, 0.717) is 37.3 Å². The second-order valence-corrected chi connectivity index (χ2v) is 7.64. The summed E-state index contributed by atoms with van der Waals surface area (Å²) >= 11 is 0. The molecule has 0 saturated carbocycles. The molecule has 1 aromatic carbocycles. The number of hydrogen-bond acceptors (Lipinski definition) is 5. The molecule has 0 amide bonds. The Morgan fingerprint density at radius 2 is 2.04 bits per heavy atom. The van der Waals surface area contributed by atoms with Crippen molar-refractivity contribution in [2.24, 2.45) is 0 Å². The van der Waals surface area contributed by atoms with Gasteiger partial charge in [-0.2, -0.15) is 5.26 Å². The Balaban J connectivity index is 2.26. The molecule has 0 spiro atoms. The van der Waals surface area contributed by atoms with Crippen molar-refractivity contribution in [3.05, 3.63) is 35.8 Å². The number of imidazole rings is 1. The molecule has 1 aromatic heterocycles. The highest BCUT2D eigenvalue weighted by molar-refractivity contribution is 7.88. The normalized spacial score (nSPS) is 11.4. The van der Waals surface area contributed by atoms with Gasteiger partial charge in [-0.05, 0) is 18.9 Å². The summed E-state index contributed by atoms with van der Waals surface area (Å²) in [5.74, 6) is 0.825. The number of aryl methyl sites for hydroxylation is 1. The highest BCUT2D eigenvalue weighted by atomic mass is 32.2. The molecule has 0 fully saturated rings. The van der Waals surface area contributed by atoms with Crippen LogP contribution < -0.4 is 10.5 Å². The molecule has 7 nitrogen and oxygen atoms in total. The van der Waals surface area contributed by atoms with Crippen LogP contribution in [0, 0.1) is 11.3 Å².